The Morgan fingerprint density at radius 1 is 1.17 bits per heavy atom. The molecule has 2 aromatic rings. The van der Waals surface area contributed by atoms with Crippen LogP contribution in [0.15, 0.2) is 47.9 Å². The predicted octanol–water partition coefficient (Wildman–Crippen LogP) is 0.736. The second-order valence-corrected chi connectivity index (χ2v) is 5.20. The van der Waals surface area contributed by atoms with E-state index in [1.54, 1.807) is 18.2 Å². The smallest absolute Gasteiger partial charge is 0.262 e. The molecule has 7 heteroatoms. The van der Waals surface area contributed by atoms with Crippen molar-refractivity contribution < 1.29 is 8.42 Å². The molecule has 3 N–H and O–H groups in total. The summed E-state index contributed by atoms with van der Waals surface area (Å²) in [4.78, 5) is 7.65. The van der Waals surface area contributed by atoms with Gasteiger partial charge < -0.3 is 5.73 Å². The molecule has 0 aliphatic heterocycles. The van der Waals surface area contributed by atoms with Crippen LogP contribution >= 0.6 is 0 Å². The van der Waals surface area contributed by atoms with Gasteiger partial charge in [-0.3, -0.25) is 4.72 Å². The summed E-state index contributed by atoms with van der Waals surface area (Å²) in [6.45, 7) is 0.155. The summed E-state index contributed by atoms with van der Waals surface area (Å²) in [6, 6.07) is 6.58. The minimum atomic E-state index is -3.67. The van der Waals surface area contributed by atoms with Crippen LogP contribution in [0.2, 0.25) is 0 Å². The van der Waals surface area contributed by atoms with E-state index >= 15 is 0 Å². The molecule has 0 amide bonds. The molecule has 0 atom stereocenters. The van der Waals surface area contributed by atoms with Crippen molar-refractivity contribution in [3.63, 3.8) is 0 Å². The van der Waals surface area contributed by atoms with Crippen molar-refractivity contribution in [2.24, 2.45) is 5.73 Å². The Labute approximate surface area is 105 Å². The Hall–Kier alpha value is -1.99. The van der Waals surface area contributed by atoms with Crippen LogP contribution in [-0.2, 0) is 16.6 Å². The van der Waals surface area contributed by atoms with E-state index in [9.17, 15) is 8.42 Å². The van der Waals surface area contributed by atoms with Gasteiger partial charge in [0.1, 0.15) is 6.33 Å². The molecule has 0 saturated carbocycles. The molecule has 0 bridgehead atoms. The van der Waals surface area contributed by atoms with E-state index in [0.29, 0.717) is 11.3 Å². The second-order valence-electron chi connectivity index (χ2n) is 3.54. The van der Waals surface area contributed by atoms with Gasteiger partial charge in [-0.15, -0.1) is 0 Å². The van der Waals surface area contributed by atoms with Crippen molar-refractivity contribution in [3.05, 3.63) is 48.5 Å². The molecule has 0 aliphatic rings. The van der Waals surface area contributed by atoms with Crippen LogP contribution in [0.25, 0.3) is 0 Å². The van der Waals surface area contributed by atoms with Crippen molar-refractivity contribution in [1.29, 1.82) is 0 Å². The quantitative estimate of drug-likeness (QED) is 0.848. The van der Waals surface area contributed by atoms with Crippen molar-refractivity contribution >= 4 is 15.7 Å². The van der Waals surface area contributed by atoms with Gasteiger partial charge in [0.25, 0.3) is 10.0 Å². The molecular formula is C11H12N4O2S. The number of nitrogens with one attached hydrogen (secondary N) is 1. The van der Waals surface area contributed by atoms with E-state index in [1.807, 2.05) is 0 Å². The summed E-state index contributed by atoms with van der Waals surface area (Å²) >= 11 is 0. The summed E-state index contributed by atoms with van der Waals surface area (Å²) < 4.78 is 26.7. The summed E-state index contributed by atoms with van der Waals surface area (Å²) in [5.41, 5.74) is 6.39. The number of aromatic nitrogens is 2. The van der Waals surface area contributed by atoms with Crippen LogP contribution in [0, 0.1) is 0 Å². The normalized spacial score (nSPS) is 11.2. The molecule has 0 aliphatic carbocycles. The fraction of sp³-hybridized carbons (Fsp3) is 0.0909. The highest BCUT2D eigenvalue weighted by atomic mass is 32.2. The largest absolute Gasteiger partial charge is 0.326 e. The summed E-state index contributed by atoms with van der Waals surface area (Å²) in [5.74, 6) is 0. The first-order valence-electron chi connectivity index (χ1n) is 5.19. The summed E-state index contributed by atoms with van der Waals surface area (Å²) in [7, 11) is -3.67. The van der Waals surface area contributed by atoms with Crippen LogP contribution in [0.1, 0.15) is 5.56 Å². The van der Waals surface area contributed by atoms with E-state index in [0.717, 1.165) is 0 Å². The maximum absolute atomic E-state index is 12.2. The Kier molecular flexibility index (Phi) is 3.54. The molecule has 18 heavy (non-hydrogen) atoms. The highest BCUT2D eigenvalue weighted by molar-refractivity contribution is 7.92. The SMILES string of the molecule is NCc1ccccc1S(=O)(=O)Nc1cncnc1. The van der Waals surface area contributed by atoms with E-state index in [-0.39, 0.29) is 11.4 Å². The standard InChI is InChI=1S/C11H12N4O2S/c12-5-9-3-1-2-4-11(9)18(16,17)15-10-6-13-8-14-7-10/h1-4,6-8,15H,5,12H2. The zero-order valence-corrected chi connectivity index (χ0v) is 10.3. The fourth-order valence-corrected chi connectivity index (χ4v) is 2.78. The van der Waals surface area contributed by atoms with E-state index < -0.39 is 10.0 Å². The number of nitrogens with zero attached hydrogens (tertiary/aromatic N) is 2. The second kappa shape index (κ2) is 5.11. The zero-order chi connectivity index (χ0) is 13.0. The monoisotopic (exact) mass is 264 g/mol. The molecule has 1 heterocycles. The lowest BCUT2D eigenvalue weighted by Gasteiger charge is -2.10. The number of nitrogens with two attached hydrogens (primary N) is 1. The minimum Gasteiger partial charge on any atom is -0.326 e. The Morgan fingerprint density at radius 2 is 1.83 bits per heavy atom. The molecule has 94 valence electrons. The Morgan fingerprint density at radius 3 is 2.50 bits per heavy atom. The molecule has 6 nitrogen and oxygen atoms in total. The highest BCUT2D eigenvalue weighted by Crippen LogP contribution is 2.18. The maximum Gasteiger partial charge on any atom is 0.262 e. The van der Waals surface area contributed by atoms with Crippen LogP contribution in [0.3, 0.4) is 0 Å². The topological polar surface area (TPSA) is 98.0 Å². The number of sulfonamides is 1. The Bertz CT molecular complexity index is 629. The van der Waals surface area contributed by atoms with Gasteiger partial charge in [-0.25, -0.2) is 18.4 Å². The van der Waals surface area contributed by atoms with Crippen LogP contribution < -0.4 is 10.5 Å². The first-order chi connectivity index (χ1) is 8.63. The maximum atomic E-state index is 12.2. The van der Waals surface area contributed by atoms with Gasteiger partial charge in [-0.1, -0.05) is 18.2 Å². The molecular weight excluding hydrogens is 252 g/mol. The fourth-order valence-electron chi connectivity index (χ4n) is 1.50. The zero-order valence-electron chi connectivity index (χ0n) is 9.45. The number of anilines is 1. The lowest BCUT2D eigenvalue weighted by Crippen LogP contribution is -2.16. The van der Waals surface area contributed by atoms with Crippen LogP contribution in [-0.4, -0.2) is 18.4 Å². The van der Waals surface area contributed by atoms with E-state index in [1.165, 1.54) is 24.8 Å². The molecule has 0 spiro atoms. The molecule has 0 saturated heterocycles. The number of benzene rings is 1. The predicted molar refractivity (Wildman–Crippen MR) is 67.2 cm³/mol. The van der Waals surface area contributed by atoms with Crippen molar-refractivity contribution in [3.8, 4) is 0 Å². The highest BCUT2D eigenvalue weighted by Gasteiger charge is 2.17. The first-order valence-corrected chi connectivity index (χ1v) is 6.67. The number of hydrogen-bond acceptors (Lipinski definition) is 5. The van der Waals surface area contributed by atoms with Gasteiger partial charge in [-0.05, 0) is 11.6 Å². The number of hydrogen-bond donors (Lipinski definition) is 2. The summed E-state index contributed by atoms with van der Waals surface area (Å²) in [5, 5.41) is 0. The van der Waals surface area contributed by atoms with E-state index in [4.69, 9.17) is 5.73 Å². The molecule has 0 unspecified atom stereocenters. The average Bonchev–Trinajstić information content (AvgIpc) is 2.39. The van der Waals surface area contributed by atoms with Gasteiger partial charge in [0.15, 0.2) is 0 Å². The third kappa shape index (κ3) is 2.63. The lowest BCUT2D eigenvalue weighted by molar-refractivity contribution is 0.600. The summed E-state index contributed by atoms with van der Waals surface area (Å²) in [6.07, 6.45) is 4.09. The average molecular weight is 264 g/mol. The Balaban J connectivity index is 2.37. The van der Waals surface area contributed by atoms with Crippen molar-refractivity contribution in [2.75, 3.05) is 4.72 Å². The third-order valence-electron chi connectivity index (χ3n) is 2.29. The van der Waals surface area contributed by atoms with Crippen molar-refractivity contribution in [2.45, 2.75) is 11.4 Å². The molecule has 2 rings (SSSR count). The van der Waals surface area contributed by atoms with E-state index in [2.05, 4.69) is 14.7 Å². The van der Waals surface area contributed by atoms with Gasteiger partial charge in [-0.2, -0.15) is 0 Å². The number of rotatable bonds is 4. The molecule has 1 aromatic carbocycles. The van der Waals surface area contributed by atoms with Gasteiger partial charge in [0.05, 0.1) is 23.0 Å². The van der Waals surface area contributed by atoms with Gasteiger partial charge in [0, 0.05) is 6.54 Å². The lowest BCUT2D eigenvalue weighted by atomic mass is 10.2. The molecule has 0 fully saturated rings. The van der Waals surface area contributed by atoms with Gasteiger partial charge in [0.2, 0.25) is 0 Å². The first kappa shape index (κ1) is 12.5. The van der Waals surface area contributed by atoms with Crippen LogP contribution in [0.5, 0.6) is 0 Å². The van der Waals surface area contributed by atoms with Crippen molar-refractivity contribution in [1.82, 2.24) is 9.97 Å². The van der Waals surface area contributed by atoms with Gasteiger partial charge >= 0.3 is 0 Å². The molecule has 1 aromatic heterocycles. The third-order valence-corrected chi connectivity index (χ3v) is 3.78. The van der Waals surface area contributed by atoms with Crippen LogP contribution in [0.4, 0.5) is 5.69 Å². The minimum absolute atomic E-state index is 0.155. The molecule has 0 radical (unpaired) electrons.